The van der Waals surface area contributed by atoms with Crippen molar-refractivity contribution < 1.29 is 0 Å². The number of benzene rings is 1. The van der Waals surface area contributed by atoms with Gasteiger partial charge in [-0.25, -0.2) is 9.97 Å². The van der Waals surface area contributed by atoms with Gasteiger partial charge in [-0.2, -0.15) is 5.10 Å². The number of pyridine rings is 3. The van der Waals surface area contributed by atoms with Crippen molar-refractivity contribution in [2.75, 3.05) is 5.32 Å². The molecule has 7 nitrogen and oxygen atoms in total. The molecule has 0 saturated heterocycles. The maximum absolute atomic E-state index is 4.63. The number of allylic oxidation sites excluding steroid dienone is 5. The average Bonchev–Trinajstić information content (AvgIpc) is 3.73. The summed E-state index contributed by atoms with van der Waals surface area (Å²) in [6, 6.07) is 18.6. The minimum atomic E-state index is 0.653. The van der Waals surface area contributed by atoms with E-state index in [9.17, 15) is 0 Å². The molecule has 1 aliphatic rings. The van der Waals surface area contributed by atoms with E-state index in [-0.39, 0.29) is 0 Å². The van der Waals surface area contributed by atoms with Crippen molar-refractivity contribution >= 4 is 33.3 Å². The molecule has 1 aliphatic carbocycles. The largest absolute Gasteiger partial charge is 0.358 e. The molecule has 1 aromatic carbocycles. The number of nitrogens with zero attached hydrogens (tertiary/aromatic N) is 4. The second-order valence-corrected chi connectivity index (χ2v) is 9.65. The van der Waals surface area contributed by atoms with E-state index in [0.29, 0.717) is 5.65 Å². The molecule has 0 amide bonds. The topological polar surface area (TPSA) is 95.2 Å². The van der Waals surface area contributed by atoms with Gasteiger partial charge in [0.2, 0.25) is 0 Å². The Labute approximate surface area is 225 Å². The number of H-pyrrole nitrogens is 2. The van der Waals surface area contributed by atoms with E-state index in [4.69, 9.17) is 0 Å². The molecule has 5 aromatic heterocycles. The van der Waals surface area contributed by atoms with Gasteiger partial charge in [0.15, 0.2) is 5.65 Å². The average molecular weight is 508 g/mol. The van der Waals surface area contributed by atoms with Crippen molar-refractivity contribution in [1.82, 2.24) is 30.1 Å². The lowest BCUT2D eigenvalue weighted by molar-refractivity contribution is 1.10. The Morgan fingerprint density at radius 1 is 0.949 bits per heavy atom. The van der Waals surface area contributed by atoms with Gasteiger partial charge in [0, 0.05) is 52.6 Å². The van der Waals surface area contributed by atoms with E-state index in [0.717, 1.165) is 63.2 Å². The highest BCUT2D eigenvalue weighted by Gasteiger charge is 2.16. The van der Waals surface area contributed by atoms with Gasteiger partial charge in [0.25, 0.3) is 0 Å². The highest BCUT2D eigenvalue weighted by atomic mass is 15.2. The number of aromatic nitrogens is 6. The van der Waals surface area contributed by atoms with Crippen molar-refractivity contribution in [1.29, 1.82) is 0 Å². The smallest absolute Gasteiger partial charge is 0.181 e. The summed E-state index contributed by atoms with van der Waals surface area (Å²) in [6.45, 7) is 4.20. The number of rotatable bonds is 7. The Morgan fingerprint density at radius 3 is 2.72 bits per heavy atom. The zero-order chi connectivity index (χ0) is 26.2. The van der Waals surface area contributed by atoms with Crippen LogP contribution in [0.4, 0.5) is 5.69 Å². The Bertz CT molecular complexity index is 1910. The van der Waals surface area contributed by atoms with Crippen molar-refractivity contribution in [3.63, 3.8) is 0 Å². The quantitative estimate of drug-likeness (QED) is 0.215. The van der Waals surface area contributed by atoms with Gasteiger partial charge in [0.1, 0.15) is 5.65 Å². The zero-order valence-corrected chi connectivity index (χ0v) is 21.1. The van der Waals surface area contributed by atoms with Crippen LogP contribution in [0.15, 0.2) is 110 Å². The molecule has 0 saturated carbocycles. The van der Waals surface area contributed by atoms with E-state index >= 15 is 0 Å². The zero-order valence-electron chi connectivity index (χ0n) is 21.1. The van der Waals surface area contributed by atoms with E-state index < -0.39 is 0 Å². The second kappa shape index (κ2) is 9.54. The van der Waals surface area contributed by atoms with Crippen LogP contribution in [0, 0.1) is 0 Å². The van der Waals surface area contributed by atoms with Crippen LogP contribution in [-0.4, -0.2) is 30.1 Å². The second-order valence-electron chi connectivity index (χ2n) is 9.65. The molecule has 0 spiro atoms. The summed E-state index contributed by atoms with van der Waals surface area (Å²) in [6.07, 6.45) is 15.6. The highest BCUT2D eigenvalue weighted by molar-refractivity contribution is 5.99. The molecule has 0 bridgehead atoms. The van der Waals surface area contributed by atoms with Gasteiger partial charge >= 0.3 is 0 Å². The molecule has 0 fully saturated rings. The minimum absolute atomic E-state index is 0.653. The molecule has 7 heteroatoms. The summed E-state index contributed by atoms with van der Waals surface area (Å²) < 4.78 is 0. The summed E-state index contributed by atoms with van der Waals surface area (Å²) in [5.74, 6) is 0. The summed E-state index contributed by atoms with van der Waals surface area (Å²) >= 11 is 0. The number of aromatic amines is 2. The molecule has 5 heterocycles. The van der Waals surface area contributed by atoms with Crippen LogP contribution in [0.5, 0.6) is 0 Å². The first kappa shape index (κ1) is 22.9. The molecular weight excluding hydrogens is 482 g/mol. The maximum Gasteiger partial charge on any atom is 0.181 e. The predicted molar refractivity (Wildman–Crippen MR) is 157 cm³/mol. The van der Waals surface area contributed by atoms with Gasteiger partial charge in [-0.1, -0.05) is 55.1 Å². The van der Waals surface area contributed by atoms with Gasteiger partial charge < -0.3 is 10.3 Å². The third kappa shape index (κ3) is 4.40. The van der Waals surface area contributed by atoms with E-state index in [1.807, 2.05) is 36.8 Å². The van der Waals surface area contributed by atoms with Crippen LogP contribution in [0.25, 0.3) is 50.2 Å². The van der Waals surface area contributed by atoms with Gasteiger partial charge in [-0.15, -0.1) is 0 Å². The van der Waals surface area contributed by atoms with Crippen molar-refractivity contribution in [2.45, 2.75) is 12.8 Å². The van der Waals surface area contributed by atoms with Crippen LogP contribution in [0.3, 0.4) is 0 Å². The molecule has 0 aliphatic heterocycles. The first-order valence-corrected chi connectivity index (χ1v) is 12.8. The molecule has 0 atom stereocenters. The molecule has 6 aromatic rings. The fourth-order valence-corrected chi connectivity index (χ4v) is 5.09. The van der Waals surface area contributed by atoms with Crippen LogP contribution in [0.2, 0.25) is 0 Å². The van der Waals surface area contributed by atoms with E-state index in [1.165, 1.54) is 16.7 Å². The summed E-state index contributed by atoms with van der Waals surface area (Å²) in [5.41, 5.74) is 10.6. The van der Waals surface area contributed by atoms with Crippen LogP contribution < -0.4 is 5.32 Å². The van der Waals surface area contributed by atoms with Crippen molar-refractivity contribution in [2.24, 2.45) is 0 Å². The molecule has 3 N–H and O–H groups in total. The number of anilines is 1. The summed E-state index contributed by atoms with van der Waals surface area (Å²) in [4.78, 5) is 17.1. The van der Waals surface area contributed by atoms with Gasteiger partial charge in [0.05, 0.1) is 23.3 Å². The SMILES string of the molecule is C=C(Cc1ccccc1)Nc1cncc(-c2cnc3n[nH]c(-c4cc5c(C6=CCC=C6)ccnc5[nH]4)c3c2)c1. The number of hydrogen-bond donors (Lipinski definition) is 3. The Hall–Kier alpha value is -5.30. The predicted octanol–water partition coefficient (Wildman–Crippen LogP) is 7.07. The van der Waals surface area contributed by atoms with Crippen LogP contribution in [-0.2, 0) is 6.42 Å². The molecule has 0 radical (unpaired) electrons. The number of nitrogens with one attached hydrogen (secondary N) is 3. The molecule has 188 valence electrons. The fourth-order valence-electron chi connectivity index (χ4n) is 5.09. The van der Waals surface area contributed by atoms with Crippen LogP contribution >= 0.6 is 0 Å². The van der Waals surface area contributed by atoms with Crippen molar-refractivity contribution in [3.8, 4) is 22.5 Å². The van der Waals surface area contributed by atoms with E-state index in [2.05, 4.69) is 96.7 Å². The van der Waals surface area contributed by atoms with Crippen LogP contribution in [0.1, 0.15) is 17.5 Å². The third-order valence-corrected chi connectivity index (χ3v) is 6.95. The first-order valence-electron chi connectivity index (χ1n) is 12.8. The Morgan fingerprint density at radius 2 is 1.85 bits per heavy atom. The lowest BCUT2D eigenvalue weighted by Crippen LogP contribution is -2.02. The van der Waals surface area contributed by atoms with Gasteiger partial charge in [-0.05, 0) is 47.4 Å². The molecule has 39 heavy (non-hydrogen) atoms. The monoisotopic (exact) mass is 507 g/mol. The lowest BCUT2D eigenvalue weighted by Gasteiger charge is -2.11. The van der Waals surface area contributed by atoms with Crippen molar-refractivity contribution in [3.05, 3.63) is 121 Å². The normalized spacial score (nSPS) is 12.8. The maximum atomic E-state index is 4.63. The third-order valence-electron chi connectivity index (χ3n) is 6.95. The van der Waals surface area contributed by atoms with E-state index in [1.54, 1.807) is 6.20 Å². The Kier molecular flexibility index (Phi) is 5.59. The fraction of sp³-hybridized carbons (Fsp3) is 0.0625. The lowest BCUT2D eigenvalue weighted by atomic mass is 10.0. The number of fused-ring (bicyclic) bond motifs is 2. The Balaban J connectivity index is 1.21. The number of hydrogen-bond acceptors (Lipinski definition) is 5. The highest BCUT2D eigenvalue weighted by Crippen LogP contribution is 2.34. The summed E-state index contributed by atoms with van der Waals surface area (Å²) in [7, 11) is 0. The minimum Gasteiger partial charge on any atom is -0.358 e. The molecule has 0 unspecified atom stereocenters. The molecular formula is C32H25N7. The first-order chi connectivity index (χ1) is 19.2. The standard InChI is InChI=1S/C32H25N7/c1-20(13-21-7-3-2-4-8-21)36-25-14-23(17-33-19-25)24-15-28-30(38-39-32(28)35-18-24)29-16-27-26(22-9-5-6-10-22)11-12-34-31(27)37-29/h2-5,7-12,14-19,36H,1,6,13H2,(H,34,37)(H,35,38,39). The van der Waals surface area contributed by atoms with Gasteiger partial charge in [-0.3, -0.25) is 10.1 Å². The molecule has 7 rings (SSSR count). The summed E-state index contributed by atoms with van der Waals surface area (Å²) in [5, 5.41) is 13.0.